The van der Waals surface area contributed by atoms with Crippen LogP contribution in [0.3, 0.4) is 0 Å². The summed E-state index contributed by atoms with van der Waals surface area (Å²) in [6.07, 6.45) is -1.23. The summed E-state index contributed by atoms with van der Waals surface area (Å²) in [6.45, 7) is 3.39. The minimum Gasteiger partial charge on any atom is -0.436 e. The zero-order chi connectivity index (χ0) is 11.7. The van der Waals surface area contributed by atoms with Crippen LogP contribution in [0.1, 0.15) is 25.5 Å². The van der Waals surface area contributed by atoms with Gasteiger partial charge in [-0.15, -0.1) is 0 Å². The summed E-state index contributed by atoms with van der Waals surface area (Å²) < 4.78 is 4.87. The second-order valence-electron chi connectivity index (χ2n) is 3.82. The Bertz CT molecular complexity index is 416. The van der Waals surface area contributed by atoms with Gasteiger partial charge in [-0.1, -0.05) is 30.3 Å². The number of amides is 2. The number of benzene rings is 1. The van der Waals surface area contributed by atoms with Gasteiger partial charge in [0.15, 0.2) is 6.10 Å². The number of imide groups is 1. The predicted molar refractivity (Wildman–Crippen MR) is 57.6 cm³/mol. The van der Waals surface area contributed by atoms with Crippen LogP contribution >= 0.6 is 0 Å². The lowest BCUT2D eigenvalue weighted by atomic mass is 10.1. The van der Waals surface area contributed by atoms with Gasteiger partial charge < -0.3 is 4.74 Å². The molecule has 0 radical (unpaired) electrons. The molecule has 1 heterocycles. The third-order valence-electron chi connectivity index (χ3n) is 2.73. The van der Waals surface area contributed by atoms with Crippen molar-refractivity contribution in [3.8, 4) is 0 Å². The van der Waals surface area contributed by atoms with E-state index in [1.807, 2.05) is 37.3 Å². The lowest BCUT2D eigenvalue weighted by Gasteiger charge is -2.20. The van der Waals surface area contributed by atoms with Crippen molar-refractivity contribution in [2.75, 3.05) is 0 Å². The standard InChI is InChI=1S/C12H13NO3/c1-8(10-6-4-3-5-7-10)13-11(14)9(2)16-12(13)15/h3-9H,1-2H3. The molecular formula is C12H13NO3. The number of hydrogen-bond acceptors (Lipinski definition) is 3. The summed E-state index contributed by atoms with van der Waals surface area (Å²) in [4.78, 5) is 24.4. The number of ether oxygens (including phenoxy) is 1. The van der Waals surface area contributed by atoms with E-state index in [1.54, 1.807) is 6.92 Å². The summed E-state index contributed by atoms with van der Waals surface area (Å²) in [5.74, 6) is -0.277. The molecule has 4 heteroatoms. The van der Waals surface area contributed by atoms with Crippen LogP contribution in [-0.2, 0) is 9.53 Å². The molecule has 0 spiro atoms. The summed E-state index contributed by atoms with van der Waals surface area (Å²) in [6, 6.07) is 9.12. The molecule has 1 aliphatic heterocycles. The molecule has 1 aliphatic rings. The van der Waals surface area contributed by atoms with E-state index in [1.165, 1.54) is 4.90 Å². The quantitative estimate of drug-likeness (QED) is 0.765. The first-order valence-electron chi connectivity index (χ1n) is 5.20. The van der Waals surface area contributed by atoms with Crippen molar-refractivity contribution in [3.05, 3.63) is 35.9 Å². The molecule has 1 fully saturated rings. The van der Waals surface area contributed by atoms with Gasteiger partial charge in [0.2, 0.25) is 0 Å². The second-order valence-corrected chi connectivity index (χ2v) is 3.82. The number of carbonyl (C=O) groups excluding carboxylic acids is 2. The normalized spacial score (nSPS) is 22.1. The minimum atomic E-state index is -0.668. The predicted octanol–water partition coefficient (Wildman–Crippen LogP) is 2.11. The molecule has 1 aromatic carbocycles. The molecule has 84 valence electrons. The highest BCUT2D eigenvalue weighted by Gasteiger charge is 2.40. The van der Waals surface area contributed by atoms with Crippen LogP contribution in [0.25, 0.3) is 0 Å². The van der Waals surface area contributed by atoms with E-state index in [0.29, 0.717) is 0 Å². The zero-order valence-electron chi connectivity index (χ0n) is 9.21. The Morgan fingerprint density at radius 1 is 1.25 bits per heavy atom. The minimum absolute atomic E-state index is 0.277. The van der Waals surface area contributed by atoms with Gasteiger partial charge in [-0.05, 0) is 19.4 Å². The van der Waals surface area contributed by atoms with Crippen molar-refractivity contribution in [1.82, 2.24) is 4.90 Å². The zero-order valence-corrected chi connectivity index (χ0v) is 9.21. The number of rotatable bonds is 2. The fourth-order valence-corrected chi connectivity index (χ4v) is 1.77. The monoisotopic (exact) mass is 219 g/mol. The highest BCUT2D eigenvalue weighted by Crippen LogP contribution is 2.26. The highest BCUT2D eigenvalue weighted by molar-refractivity contribution is 6.00. The average Bonchev–Trinajstić information content (AvgIpc) is 2.54. The number of cyclic esters (lactones) is 1. The molecule has 1 aromatic rings. The molecule has 1 saturated heterocycles. The van der Waals surface area contributed by atoms with E-state index >= 15 is 0 Å². The second kappa shape index (κ2) is 3.96. The molecule has 0 N–H and O–H groups in total. The van der Waals surface area contributed by atoms with E-state index in [2.05, 4.69) is 0 Å². The van der Waals surface area contributed by atoms with E-state index in [4.69, 9.17) is 4.74 Å². The summed E-state index contributed by atoms with van der Waals surface area (Å²) in [5.41, 5.74) is 0.918. The highest BCUT2D eigenvalue weighted by atomic mass is 16.6. The van der Waals surface area contributed by atoms with Crippen LogP contribution in [0.5, 0.6) is 0 Å². The van der Waals surface area contributed by atoms with Crippen LogP contribution in [0.2, 0.25) is 0 Å². The summed E-state index contributed by atoms with van der Waals surface area (Å²) >= 11 is 0. The van der Waals surface area contributed by atoms with Crippen molar-refractivity contribution >= 4 is 12.0 Å². The molecule has 16 heavy (non-hydrogen) atoms. The largest absolute Gasteiger partial charge is 0.436 e. The van der Waals surface area contributed by atoms with Gasteiger partial charge in [0.1, 0.15) is 0 Å². The van der Waals surface area contributed by atoms with Crippen molar-refractivity contribution in [1.29, 1.82) is 0 Å². The number of nitrogens with zero attached hydrogens (tertiary/aromatic N) is 1. The fraction of sp³-hybridized carbons (Fsp3) is 0.333. The molecule has 2 amide bonds. The van der Waals surface area contributed by atoms with E-state index in [9.17, 15) is 9.59 Å². The molecule has 2 atom stereocenters. The number of carbonyl (C=O) groups is 2. The Kier molecular flexibility index (Phi) is 2.64. The van der Waals surface area contributed by atoms with Gasteiger partial charge in [0.05, 0.1) is 6.04 Å². The molecule has 0 aliphatic carbocycles. The molecular weight excluding hydrogens is 206 g/mol. The average molecular weight is 219 g/mol. The summed E-state index contributed by atoms with van der Waals surface area (Å²) in [5, 5.41) is 0. The number of hydrogen-bond donors (Lipinski definition) is 0. The van der Waals surface area contributed by atoms with Gasteiger partial charge in [0, 0.05) is 0 Å². The van der Waals surface area contributed by atoms with Gasteiger partial charge >= 0.3 is 6.09 Å². The maximum Gasteiger partial charge on any atom is 0.417 e. The first-order valence-corrected chi connectivity index (χ1v) is 5.20. The van der Waals surface area contributed by atoms with Crippen LogP contribution in [-0.4, -0.2) is 23.0 Å². The van der Waals surface area contributed by atoms with E-state index in [0.717, 1.165) is 5.56 Å². The van der Waals surface area contributed by atoms with Crippen LogP contribution in [0, 0.1) is 0 Å². The third-order valence-corrected chi connectivity index (χ3v) is 2.73. The van der Waals surface area contributed by atoms with Crippen molar-refractivity contribution in [3.63, 3.8) is 0 Å². The molecule has 0 saturated carbocycles. The molecule has 2 unspecified atom stereocenters. The lowest BCUT2D eigenvalue weighted by Crippen LogP contribution is -2.33. The molecule has 0 bridgehead atoms. The fourth-order valence-electron chi connectivity index (χ4n) is 1.77. The third kappa shape index (κ3) is 1.66. The first-order chi connectivity index (χ1) is 7.61. The smallest absolute Gasteiger partial charge is 0.417 e. The van der Waals surface area contributed by atoms with Crippen molar-refractivity contribution < 1.29 is 14.3 Å². The van der Waals surface area contributed by atoms with E-state index in [-0.39, 0.29) is 11.9 Å². The summed E-state index contributed by atoms with van der Waals surface area (Å²) in [7, 11) is 0. The van der Waals surface area contributed by atoms with Gasteiger partial charge in [-0.25, -0.2) is 9.69 Å². The Morgan fingerprint density at radius 3 is 2.38 bits per heavy atom. The Balaban J connectivity index is 2.26. The van der Waals surface area contributed by atoms with Gasteiger partial charge in [0.25, 0.3) is 5.91 Å². The van der Waals surface area contributed by atoms with Crippen LogP contribution < -0.4 is 0 Å². The Morgan fingerprint density at radius 2 is 1.88 bits per heavy atom. The van der Waals surface area contributed by atoms with Gasteiger partial charge in [-0.2, -0.15) is 0 Å². The maximum absolute atomic E-state index is 11.7. The molecule has 4 nitrogen and oxygen atoms in total. The van der Waals surface area contributed by atoms with E-state index < -0.39 is 12.2 Å². The Labute approximate surface area is 93.8 Å². The van der Waals surface area contributed by atoms with Crippen molar-refractivity contribution in [2.45, 2.75) is 26.0 Å². The van der Waals surface area contributed by atoms with Crippen molar-refractivity contribution in [2.24, 2.45) is 0 Å². The maximum atomic E-state index is 11.7. The van der Waals surface area contributed by atoms with Crippen LogP contribution in [0.15, 0.2) is 30.3 Å². The van der Waals surface area contributed by atoms with Crippen LogP contribution in [0.4, 0.5) is 4.79 Å². The SMILES string of the molecule is CC1OC(=O)N(C(C)c2ccccc2)C1=O. The first kappa shape index (κ1) is 10.7. The molecule has 0 aromatic heterocycles. The Hall–Kier alpha value is -1.84. The lowest BCUT2D eigenvalue weighted by molar-refractivity contribution is -0.130. The topological polar surface area (TPSA) is 46.6 Å². The molecule has 2 rings (SSSR count). The van der Waals surface area contributed by atoms with Gasteiger partial charge in [-0.3, -0.25) is 4.79 Å².